The molecule has 0 saturated carbocycles. The van der Waals surface area contributed by atoms with Gasteiger partial charge in [-0.1, -0.05) is 54.6 Å². The normalized spacial score (nSPS) is 19.5. The quantitative estimate of drug-likeness (QED) is 0.890. The summed E-state index contributed by atoms with van der Waals surface area (Å²) >= 11 is 0. The molecule has 2 N–H and O–H groups in total. The van der Waals surface area contributed by atoms with Gasteiger partial charge in [0.15, 0.2) is 0 Å². The van der Waals surface area contributed by atoms with E-state index >= 15 is 0 Å². The van der Waals surface area contributed by atoms with Gasteiger partial charge in [-0.05, 0) is 37.0 Å². The summed E-state index contributed by atoms with van der Waals surface area (Å²) in [5.41, 5.74) is 3.44. The first kappa shape index (κ1) is 17.5. The van der Waals surface area contributed by atoms with E-state index in [2.05, 4.69) is 41.7 Å². The van der Waals surface area contributed by atoms with Crippen LogP contribution in [-0.2, 0) is 0 Å². The molecule has 1 aliphatic heterocycles. The Morgan fingerprint density at radius 3 is 2.32 bits per heavy atom. The van der Waals surface area contributed by atoms with Crippen LogP contribution >= 0.6 is 0 Å². The topological polar surface area (TPSA) is 52.6 Å². The molecule has 0 spiro atoms. The minimum atomic E-state index is -0.360. The van der Waals surface area contributed by atoms with E-state index in [1.807, 2.05) is 25.1 Å². The zero-order valence-electron chi connectivity index (χ0n) is 14.9. The molecule has 0 aromatic heterocycles. The third-order valence-corrected chi connectivity index (χ3v) is 5.05. The molecule has 0 radical (unpaired) electrons. The van der Waals surface area contributed by atoms with Crippen molar-refractivity contribution in [3.63, 3.8) is 0 Å². The minimum absolute atomic E-state index is 0.0528. The van der Waals surface area contributed by atoms with Gasteiger partial charge in [0.1, 0.15) is 0 Å². The number of benzene rings is 2. The zero-order valence-corrected chi connectivity index (χ0v) is 14.9. The number of likely N-dealkylation sites (tertiary alicyclic amines) is 1. The van der Waals surface area contributed by atoms with E-state index in [0.717, 1.165) is 12.0 Å². The van der Waals surface area contributed by atoms with E-state index < -0.39 is 0 Å². The summed E-state index contributed by atoms with van der Waals surface area (Å²) in [5.74, 6) is 0.186. The zero-order chi connectivity index (χ0) is 17.8. The lowest BCUT2D eigenvalue weighted by molar-refractivity contribution is 0.129. The first-order chi connectivity index (χ1) is 12.0. The molecule has 2 aromatic rings. The van der Waals surface area contributed by atoms with Crippen LogP contribution in [0.25, 0.3) is 11.1 Å². The number of aliphatic hydroxyl groups excluding tert-OH is 1. The second-order valence-corrected chi connectivity index (χ2v) is 6.89. The maximum Gasteiger partial charge on any atom is 0.317 e. The summed E-state index contributed by atoms with van der Waals surface area (Å²) in [6.45, 7) is 5.13. The molecule has 25 heavy (non-hydrogen) atoms. The lowest BCUT2D eigenvalue weighted by Crippen LogP contribution is -2.40. The Hall–Kier alpha value is -2.33. The van der Waals surface area contributed by atoms with Gasteiger partial charge in [-0.25, -0.2) is 4.79 Å². The third-order valence-electron chi connectivity index (χ3n) is 5.05. The number of urea groups is 1. The molecule has 3 rings (SSSR count). The highest BCUT2D eigenvalue weighted by Gasteiger charge is 2.29. The monoisotopic (exact) mass is 338 g/mol. The number of carbonyl (C=O) groups is 1. The standard InChI is InChI=1S/C21H26N2O2/c1-15(22-21(25)23-13-12-20(14-23)16(2)24)17-8-10-19(11-9-17)18-6-4-3-5-7-18/h3-11,15-16,20,24H,12-14H2,1-2H3,(H,22,25)/t15-,16+,20+/m0/s1. The smallest absolute Gasteiger partial charge is 0.317 e. The van der Waals surface area contributed by atoms with Crippen LogP contribution in [0.5, 0.6) is 0 Å². The molecule has 1 aliphatic rings. The van der Waals surface area contributed by atoms with Crippen molar-refractivity contribution in [2.45, 2.75) is 32.4 Å². The Kier molecular flexibility index (Phi) is 5.39. The van der Waals surface area contributed by atoms with Gasteiger partial charge in [-0.2, -0.15) is 0 Å². The van der Waals surface area contributed by atoms with E-state index in [1.54, 1.807) is 11.8 Å². The fourth-order valence-electron chi connectivity index (χ4n) is 3.32. The lowest BCUT2D eigenvalue weighted by atomic mass is 10.0. The highest BCUT2D eigenvalue weighted by molar-refractivity contribution is 5.75. The number of carbonyl (C=O) groups excluding carboxylic acids is 1. The molecule has 3 atom stereocenters. The van der Waals surface area contributed by atoms with E-state index in [9.17, 15) is 9.90 Å². The highest BCUT2D eigenvalue weighted by atomic mass is 16.3. The summed E-state index contributed by atoms with van der Waals surface area (Å²) in [4.78, 5) is 14.2. The van der Waals surface area contributed by atoms with Gasteiger partial charge in [-0.3, -0.25) is 0 Å². The number of nitrogens with zero attached hydrogens (tertiary/aromatic N) is 1. The Bertz CT molecular complexity index is 698. The highest BCUT2D eigenvalue weighted by Crippen LogP contribution is 2.23. The number of amides is 2. The van der Waals surface area contributed by atoms with Crippen LogP contribution in [0.4, 0.5) is 4.79 Å². The van der Waals surface area contributed by atoms with Crippen molar-refractivity contribution >= 4 is 6.03 Å². The molecule has 4 heteroatoms. The van der Waals surface area contributed by atoms with Crippen molar-refractivity contribution in [2.75, 3.05) is 13.1 Å². The number of nitrogens with one attached hydrogen (secondary N) is 1. The first-order valence-electron chi connectivity index (χ1n) is 8.93. The summed E-state index contributed by atoms with van der Waals surface area (Å²) in [6, 6.07) is 18.5. The number of rotatable bonds is 4. The maximum absolute atomic E-state index is 12.4. The molecule has 4 nitrogen and oxygen atoms in total. The van der Waals surface area contributed by atoms with Gasteiger partial charge in [0.25, 0.3) is 0 Å². The predicted molar refractivity (Wildman–Crippen MR) is 100 cm³/mol. The van der Waals surface area contributed by atoms with Gasteiger partial charge in [-0.15, -0.1) is 0 Å². The Balaban J connectivity index is 1.60. The lowest BCUT2D eigenvalue weighted by Gasteiger charge is -2.22. The second kappa shape index (κ2) is 7.70. The van der Waals surface area contributed by atoms with E-state index in [4.69, 9.17) is 0 Å². The number of hydrogen-bond acceptors (Lipinski definition) is 2. The Morgan fingerprint density at radius 2 is 1.72 bits per heavy atom. The third kappa shape index (κ3) is 4.20. The van der Waals surface area contributed by atoms with E-state index in [1.165, 1.54) is 11.1 Å². The average Bonchev–Trinajstić information content (AvgIpc) is 3.13. The maximum atomic E-state index is 12.4. The molecule has 1 heterocycles. The summed E-state index contributed by atoms with van der Waals surface area (Å²) in [7, 11) is 0. The Labute approximate surface area is 149 Å². The van der Waals surface area contributed by atoms with Crippen LogP contribution in [0, 0.1) is 5.92 Å². The SMILES string of the molecule is C[C@H](NC(=O)N1CC[C@@H]([C@@H](C)O)C1)c1ccc(-c2ccccc2)cc1. The number of aliphatic hydroxyl groups is 1. The minimum Gasteiger partial charge on any atom is -0.393 e. The van der Waals surface area contributed by atoms with E-state index in [-0.39, 0.29) is 24.1 Å². The van der Waals surface area contributed by atoms with Crippen molar-refractivity contribution in [3.05, 3.63) is 60.2 Å². The molecule has 2 amide bonds. The van der Waals surface area contributed by atoms with Gasteiger partial charge >= 0.3 is 6.03 Å². The van der Waals surface area contributed by atoms with Gasteiger partial charge in [0.05, 0.1) is 12.1 Å². The number of hydrogen-bond donors (Lipinski definition) is 2. The van der Waals surface area contributed by atoms with Crippen LogP contribution in [0.3, 0.4) is 0 Å². The van der Waals surface area contributed by atoms with Crippen molar-refractivity contribution in [1.82, 2.24) is 10.2 Å². The molecule has 132 valence electrons. The molecule has 0 aliphatic carbocycles. The van der Waals surface area contributed by atoms with Crippen molar-refractivity contribution < 1.29 is 9.90 Å². The first-order valence-corrected chi connectivity index (χ1v) is 8.93. The van der Waals surface area contributed by atoms with Gasteiger partial charge in [0, 0.05) is 19.0 Å². The van der Waals surface area contributed by atoms with Crippen LogP contribution < -0.4 is 5.32 Å². The van der Waals surface area contributed by atoms with Crippen molar-refractivity contribution in [2.24, 2.45) is 5.92 Å². The average molecular weight is 338 g/mol. The van der Waals surface area contributed by atoms with Crippen LogP contribution in [0.15, 0.2) is 54.6 Å². The van der Waals surface area contributed by atoms with Crippen LogP contribution in [-0.4, -0.2) is 35.2 Å². The van der Waals surface area contributed by atoms with Gasteiger partial charge in [0.2, 0.25) is 0 Å². The Morgan fingerprint density at radius 1 is 1.08 bits per heavy atom. The second-order valence-electron chi connectivity index (χ2n) is 6.89. The summed E-state index contributed by atoms with van der Waals surface area (Å²) in [6.07, 6.45) is 0.506. The summed E-state index contributed by atoms with van der Waals surface area (Å²) in [5, 5.41) is 12.7. The van der Waals surface area contributed by atoms with Crippen molar-refractivity contribution in [3.8, 4) is 11.1 Å². The van der Waals surface area contributed by atoms with Gasteiger partial charge < -0.3 is 15.3 Å². The predicted octanol–water partition coefficient (Wildman–Crippen LogP) is 3.83. The fraction of sp³-hybridized carbons (Fsp3) is 0.381. The molecular weight excluding hydrogens is 312 g/mol. The van der Waals surface area contributed by atoms with Crippen LogP contribution in [0.1, 0.15) is 31.9 Å². The molecule has 0 unspecified atom stereocenters. The fourth-order valence-corrected chi connectivity index (χ4v) is 3.32. The molecule has 1 fully saturated rings. The molecular formula is C21H26N2O2. The van der Waals surface area contributed by atoms with E-state index in [0.29, 0.717) is 13.1 Å². The molecule has 1 saturated heterocycles. The summed E-state index contributed by atoms with van der Waals surface area (Å²) < 4.78 is 0. The van der Waals surface area contributed by atoms with Crippen molar-refractivity contribution in [1.29, 1.82) is 0 Å². The largest absolute Gasteiger partial charge is 0.393 e. The van der Waals surface area contributed by atoms with Crippen LogP contribution in [0.2, 0.25) is 0 Å². The molecule has 2 aromatic carbocycles. The molecule has 0 bridgehead atoms.